The van der Waals surface area contributed by atoms with Crippen molar-refractivity contribution >= 4 is 23.2 Å². The number of aliphatic imine (C=N–C) groups is 1. The molecule has 0 aliphatic heterocycles. The molecule has 0 radical (unpaired) electrons. The summed E-state index contributed by atoms with van der Waals surface area (Å²) in [5.41, 5.74) is 0. The lowest BCUT2D eigenvalue weighted by Gasteiger charge is -2.25. The SMILES string of the molecule is CN(C)C(=O)CN=C(NCc1cccs1)NC1CCCCC1. The number of thiophene rings is 1. The molecule has 0 unspecified atom stereocenters. The van der Waals surface area contributed by atoms with Gasteiger partial charge < -0.3 is 15.5 Å². The Hall–Kier alpha value is -1.56. The molecule has 1 amide bonds. The Labute approximate surface area is 136 Å². The van der Waals surface area contributed by atoms with Crippen molar-refractivity contribution in [3.63, 3.8) is 0 Å². The van der Waals surface area contributed by atoms with Gasteiger partial charge in [0.05, 0.1) is 6.54 Å². The van der Waals surface area contributed by atoms with Gasteiger partial charge in [-0.05, 0) is 24.3 Å². The number of hydrogen-bond acceptors (Lipinski definition) is 3. The maximum atomic E-state index is 11.7. The van der Waals surface area contributed by atoms with Gasteiger partial charge in [0.25, 0.3) is 0 Å². The molecule has 1 aliphatic rings. The van der Waals surface area contributed by atoms with Crippen molar-refractivity contribution in [3.8, 4) is 0 Å². The first-order chi connectivity index (χ1) is 10.6. The number of carbonyl (C=O) groups excluding carboxylic acids is 1. The smallest absolute Gasteiger partial charge is 0.243 e. The molecule has 2 N–H and O–H groups in total. The van der Waals surface area contributed by atoms with Crippen LogP contribution in [0.25, 0.3) is 0 Å². The van der Waals surface area contributed by atoms with Crippen molar-refractivity contribution in [2.24, 2.45) is 4.99 Å². The standard InChI is InChI=1S/C16H26N4OS/c1-20(2)15(21)12-18-16(17-11-14-9-6-10-22-14)19-13-7-4-3-5-8-13/h6,9-10,13H,3-5,7-8,11-12H2,1-2H3,(H2,17,18,19). The van der Waals surface area contributed by atoms with E-state index in [9.17, 15) is 4.79 Å². The Bertz CT molecular complexity index is 478. The number of guanidine groups is 1. The van der Waals surface area contributed by atoms with E-state index in [0.29, 0.717) is 6.04 Å². The predicted molar refractivity (Wildman–Crippen MR) is 92.2 cm³/mol. The van der Waals surface area contributed by atoms with Crippen molar-refractivity contribution in [2.45, 2.75) is 44.7 Å². The molecule has 1 fully saturated rings. The maximum Gasteiger partial charge on any atom is 0.243 e. The lowest BCUT2D eigenvalue weighted by Crippen LogP contribution is -2.44. The van der Waals surface area contributed by atoms with Crippen LogP contribution in [0, 0.1) is 0 Å². The normalized spacial score (nSPS) is 16.4. The number of carbonyl (C=O) groups is 1. The van der Waals surface area contributed by atoms with E-state index in [4.69, 9.17) is 0 Å². The molecule has 5 nitrogen and oxygen atoms in total. The molecule has 0 bridgehead atoms. The van der Waals surface area contributed by atoms with Crippen LogP contribution < -0.4 is 10.6 Å². The van der Waals surface area contributed by atoms with Gasteiger partial charge in [0.1, 0.15) is 6.54 Å². The van der Waals surface area contributed by atoms with Crippen LogP contribution in [0.4, 0.5) is 0 Å². The van der Waals surface area contributed by atoms with E-state index in [1.54, 1.807) is 30.3 Å². The zero-order chi connectivity index (χ0) is 15.8. The Morgan fingerprint density at radius 1 is 1.36 bits per heavy atom. The Kier molecular flexibility index (Phi) is 6.71. The fourth-order valence-corrected chi connectivity index (χ4v) is 3.11. The fourth-order valence-electron chi connectivity index (χ4n) is 2.46. The highest BCUT2D eigenvalue weighted by molar-refractivity contribution is 7.09. The second kappa shape index (κ2) is 8.78. The van der Waals surface area contributed by atoms with Gasteiger partial charge in [-0.2, -0.15) is 0 Å². The summed E-state index contributed by atoms with van der Waals surface area (Å²) >= 11 is 1.72. The second-order valence-corrected chi connectivity index (χ2v) is 6.90. The molecule has 0 saturated heterocycles. The first kappa shape index (κ1) is 16.8. The molecule has 1 aromatic heterocycles. The predicted octanol–water partition coefficient (Wildman–Crippen LogP) is 2.20. The minimum absolute atomic E-state index is 0.0147. The third kappa shape index (κ3) is 5.67. The number of hydrogen-bond donors (Lipinski definition) is 2. The monoisotopic (exact) mass is 322 g/mol. The first-order valence-electron chi connectivity index (χ1n) is 7.92. The van der Waals surface area contributed by atoms with Gasteiger partial charge in [-0.15, -0.1) is 11.3 Å². The van der Waals surface area contributed by atoms with Crippen LogP contribution in [-0.2, 0) is 11.3 Å². The molecule has 0 aromatic carbocycles. The fraction of sp³-hybridized carbons (Fsp3) is 0.625. The van der Waals surface area contributed by atoms with Gasteiger partial charge in [0.15, 0.2) is 5.96 Å². The number of nitrogens with one attached hydrogen (secondary N) is 2. The molecule has 122 valence electrons. The van der Waals surface area contributed by atoms with Crippen molar-refractivity contribution in [3.05, 3.63) is 22.4 Å². The molecule has 1 aromatic rings. The zero-order valence-electron chi connectivity index (χ0n) is 13.5. The van der Waals surface area contributed by atoms with E-state index in [1.165, 1.54) is 37.0 Å². The van der Waals surface area contributed by atoms with Gasteiger partial charge in [-0.25, -0.2) is 4.99 Å². The van der Waals surface area contributed by atoms with E-state index in [1.807, 2.05) is 6.07 Å². The summed E-state index contributed by atoms with van der Waals surface area (Å²) < 4.78 is 0. The minimum atomic E-state index is 0.0147. The molecular weight excluding hydrogens is 296 g/mol. The topological polar surface area (TPSA) is 56.7 Å². The van der Waals surface area contributed by atoms with Crippen LogP contribution >= 0.6 is 11.3 Å². The van der Waals surface area contributed by atoms with E-state index in [2.05, 4.69) is 27.1 Å². The third-order valence-corrected chi connectivity index (χ3v) is 4.70. The van der Waals surface area contributed by atoms with Crippen molar-refractivity contribution in [1.29, 1.82) is 0 Å². The van der Waals surface area contributed by atoms with Crippen LogP contribution in [-0.4, -0.2) is 43.4 Å². The van der Waals surface area contributed by atoms with Gasteiger partial charge in [0.2, 0.25) is 5.91 Å². The molecule has 0 spiro atoms. The molecule has 1 saturated carbocycles. The number of rotatable bonds is 5. The van der Waals surface area contributed by atoms with Crippen molar-refractivity contribution in [2.75, 3.05) is 20.6 Å². The van der Waals surface area contributed by atoms with E-state index in [-0.39, 0.29) is 12.5 Å². The lowest BCUT2D eigenvalue weighted by atomic mass is 9.96. The van der Waals surface area contributed by atoms with Crippen molar-refractivity contribution < 1.29 is 4.79 Å². The molecule has 22 heavy (non-hydrogen) atoms. The Morgan fingerprint density at radius 2 is 2.14 bits per heavy atom. The van der Waals surface area contributed by atoms with Gasteiger partial charge in [0, 0.05) is 25.0 Å². The van der Waals surface area contributed by atoms with E-state index in [0.717, 1.165) is 12.5 Å². The number of amides is 1. The average molecular weight is 322 g/mol. The molecule has 1 heterocycles. The number of nitrogens with zero attached hydrogens (tertiary/aromatic N) is 2. The number of likely N-dealkylation sites (N-methyl/N-ethyl adjacent to an activating group) is 1. The summed E-state index contributed by atoms with van der Waals surface area (Å²) in [5.74, 6) is 0.761. The molecule has 1 aliphatic carbocycles. The third-order valence-electron chi connectivity index (χ3n) is 3.83. The highest BCUT2D eigenvalue weighted by Crippen LogP contribution is 2.17. The maximum absolute atomic E-state index is 11.7. The largest absolute Gasteiger partial charge is 0.354 e. The first-order valence-corrected chi connectivity index (χ1v) is 8.80. The highest BCUT2D eigenvalue weighted by Gasteiger charge is 2.15. The molecule has 6 heteroatoms. The summed E-state index contributed by atoms with van der Waals surface area (Å²) in [6, 6.07) is 4.61. The molecular formula is C16H26N4OS. The van der Waals surface area contributed by atoms with Gasteiger partial charge >= 0.3 is 0 Å². The summed E-state index contributed by atoms with van der Waals surface area (Å²) in [5, 5.41) is 8.90. The molecule has 0 atom stereocenters. The summed E-state index contributed by atoms with van der Waals surface area (Å²) in [7, 11) is 3.51. The van der Waals surface area contributed by atoms with E-state index >= 15 is 0 Å². The van der Waals surface area contributed by atoms with Crippen LogP contribution in [0.15, 0.2) is 22.5 Å². The average Bonchev–Trinajstić information content (AvgIpc) is 3.04. The summed E-state index contributed by atoms with van der Waals surface area (Å²) in [4.78, 5) is 19.0. The quantitative estimate of drug-likeness (QED) is 0.645. The van der Waals surface area contributed by atoms with Crippen LogP contribution in [0.3, 0.4) is 0 Å². The Morgan fingerprint density at radius 3 is 2.77 bits per heavy atom. The minimum Gasteiger partial charge on any atom is -0.354 e. The van der Waals surface area contributed by atoms with Gasteiger partial charge in [-0.3, -0.25) is 4.79 Å². The highest BCUT2D eigenvalue weighted by atomic mass is 32.1. The van der Waals surface area contributed by atoms with Crippen molar-refractivity contribution in [1.82, 2.24) is 15.5 Å². The van der Waals surface area contributed by atoms with Crippen LogP contribution in [0.1, 0.15) is 37.0 Å². The van der Waals surface area contributed by atoms with Crippen LogP contribution in [0.5, 0.6) is 0 Å². The lowest BCUT2D eigenvalue weighted by molar-refractivity contribution is -0.127. The zero-order valence-corrected chi connectivity index (χ0v) is 14.3. The van der Waals surface area contributed by atoms with E-state index < -0.39 is 0 Å². The van der Waals surface area contributed by atoms with Gasteiger partial charge in [-0.1, -0.05) is 25.3 Å². The second-order valence-electron chi connectivity index (χ2n) is 5.87. The Balaban J connectivity index is 1.92. The summed E-state index contributed by atoms with van der Waals surface area (Å²) in [6.45, 7) is 0.922. The van der Waals surface area contributed by atoms with Crippen LogP contribution in [0.2, 0.25) is 0 Å². The molecule has 2 rings (SSSR count). The summed E-state index contributed by atoms with van der Waals surface area (Å²) in [6.07, 6.45) is 6.23.